The highest BCUT2D eigenvalue weighted by Crippen LogP contribution is 2.43. The number of carboxylic acid groups (broad SMARTS) is 1. The predicted octanol–water partition coefficient (Wildman–Crippen LogP) is 2.48. The molecule has 1 aromatic carbocycles. The van der Waals surface area contributed by atoms with Crippen LogP contribution in [0.4, 0.5) is 9.18 Å². The Morgan fingerprint density at radius 3 is 2.44 bits per heavy atom. The first-order chi connectivity index (χ1) is 12.9. The molecule has 0 atom stereocenters. The Balaban J connectivity index is 1.44. The Hall–Kier alpha value is -2.15. The molecule has 0 heterocycles. The monoisotopic (exact) mass is 377 g/mol. The van der Waals surface area contributed by atoms with Crippen molar-refractivity contribution < 1.29 is 19.1 Å². The summed E-state index contributed by atoms with van der Waals surface area (Å²) in [6.45, 7) is 3.22. The van der Waals surface area contributed by atoms with Crippen molar-refractivity contribution in [3.63, 3.8) is 0 Å². The van der Waals surface area contributed by atoms with Crippen LogP contribution < -0.4 is 10.6 Å². The van der Waals surface area contributed by atoms with Crippen LogP contribution >= 0.6 is 0 Å². The van der Waals surface area contributed by atoms with Gasteiger partial charge in [0.25, 0.3) is 0 Å². The Morgan fingerprint density at radius 1 is 1.26 bits per heavy atom. The summed E-state index contributed by atoms with van der Waals surface area (Å²) in [5.41, 5.74) is 0.986. The number of hydrogen-bond donors (Lipinski definition) is 3. The molecule has 7 heteroatoms. The van der Waals surface area contributed by atoms with Crippen LogP contribution in [0.3, 0.4) is 0 Å². The molecule has 3 rings (SSSR count). The maximum atomic E-state index is 13.2. The van der Waals surface area contributed by atoms with E-state index in [0.29, 0.717) is 13.1 Å². The first kappa shape index (κ1) is 19.6. The van der Waals surface area contributed by atoms with E-state index in [4.69, 9.17) is 5.11 Å². The summed E-state index contributed by atoms with van der Waals surface area (Å²) < 4.78 is 13.2. The second-order valence-electron chi connectivity index (χ2n) is 7.75. The number of nitrogens with one attached hydrogen (secondary N) is 2. The molecule has 0 spiro atoms. The van der Waals surface area contributed by atoms with Crippen LogP contribution in [0, 0.1) is 5.82 Å². The van der Waals surface area contributed by atoms with Gasteiger partial charge in [0.05, 0.1) is 6.54 Å². The van der Waals surface area contributed by atoms with Crippen LogP contribution in [0.15, 0.2) is 24.3 Å². The van der Waals surface area contributed by atoms with Crippen molar-refractivity contribution in [3.8, 4) is 0 Å². The number of rotatable bonds is 8. The zero-order valence-corrected chi connectivity index (χ0v) is 15.7. The van der Waals surface area contributed by atoms with Crippen molar-refractivity contribution in [2.45, 2.75) is 56.5 Å². The predicted molar refractivity (Wildman–Crippen MR) is 100 cm³/mol. The molecule has 2 aliphatic rings. The molecule has 0 radical (unpaired) electrons. The SMILES string of the molecule is CCN(CC(=O)O)C1CC(NC(=O)NCC2(c3ccc(F)cc3)CCC2)C1. The topological polar surface area (TPSA) is 81.7 Å². The van der Waals surface area contributed by atoms with Gasteiger partial charge in [0.1, 0.15) is 5.82 Å². The smallest absolute Gasteiger partial charge is 0.317 e. The average molecular weight is 377 g/mol. The number of aliphatic carboxylic acids is 1. The van der Waals surface area contributed by atoms with E-state index in [9.17, 15) is 14.0 Å². The molecule has 2 saturated carbocycles. The minimum Gasteiger partial charge on any atom is -0.480 e. The summed E-state index contributed by atoms with van der Waals surface area (Å²) in [5, 5.41) is 14.9. The van der Waals surface area contributed by atoms with E-state index in [1.165, 1.54) is 12.1 Å². The Morgan fingerprint density at radius 2 is 1.93 bits per heavy atom. The number of halogens is 1. The van der Waals surface area contributed by atoms with Crippen molar-refractivity contribution in [1.29, 1.82) is 0 Å². The standard InChI is InChI=1S/C20H28FN3O3/c1-2-24(12-18(25)26)17-10-16(11-17)23-19(27)22-13-20(8-3-9-20)14-4-6-15(21)7-5-14/h4-7,16-17H,2-3,8-13H2,1H3,(H,25,26)(H2,22,23,27). The first-order valence-corrected chi connectivity index (χ1v) is 9.68. The Bertz CT molecular complexity index is 670. The van der Waals surface area contributed by atoms with E-state index in [2.05, 4.69) is 10.6 Å². The van der Waals surface area contributed by atoms with E-state index in [-0.39, 0.29) is 35.9 Å². The molecule has 0 aromatic heterocycles. The highest BCUT2D eigenvalue weighted by atomic mass is 19.1. The lowest BCUT2D eigenvalue weighted by Crippen LogP contribution is -2.57. The van der Waals surface area contributed by atoms with Gasteiger partial charge in [-0.1, -0.05) is 25.5 Å². The van der Waals surface area contributed by atoms with Crippen LogP contribution in [-0.4, -0.2) is 53.7 Å². The number of carboxylic acids is 1. The molecule has 0 aliphatic heterocycles. The second-order valence-corrected chi connectivity index (χ2v) is 7.75. The Labute approximate surface area is 159 Å². The number of nitrogens with zero attached hydrogens (tertiary/aromatic N) is 1. The fraction of sp³-hybridized carbons (Fsp3) is 0.600. The molecule has 1 aromatic rings. The third kappa shape index (κ3) is 4.58. The molecule has 148 valence electrons. The number of likely N-dealkylation sites (N-methyl/N-ethyl adjacent to an activating group) is 1. The number of carbonyl (C=O) groups excluding carboxylic acids is 1. The van der Waals surface area contributed by atoms with Gasteiger partial charge in [-0.3, -0.25) is 9.69 Å². The molecule has 2 aliphatic carbocycles. The van der Waals surface area contributed by atoms with Gasteiger partial charge in [0.15, 0.2) is 0 Å². The van der Waals surface area contributed by atoms with Gasteiger partial charge >= 0.3 is 12.0 Å². The van der Waals surface area contributed by atoms with Crippen molar-refractivity contribution >= 4 is 12.0 Å². The van der Waals surface area contributed by atoms with Crippen LogP contribution in [0.25, 0.3) is 0 Å². The highest BCUT2D eigenvalue weighted by Gasteiger charge is 2.39. The number of urea groups is 1. The summed E-state index contributed by atoms with van der Waals surface area (Å²) in [6, 6.07) is 6.68. The van der Waals surface area contributed by atoms with Gasteiger partial charge in [-0.05, 0) is 49.9 Å². The zero-order chi connectivity index (χ0) is 19.4. The van der Waals surface area contributed by atoms with Gasteiger partial charge in [-0.2, -0.15) is 0 Å². The largest absolute Gasteiger partial charge is 0.480 e. The normalized spacial score (nSPS) is 23.2. The lowest BCUT2D eigenvalue weighted by atomic mass is 9.64. The average Bonchev–Trinajstić information content (AvgIpc) is 2.56. The molecule has 3 N–H and O–H groups in total. The van der Waals surface area contributed by atoms with Crippen molar-refractivity contribution in [1.82, 2.24) is 15.5 Å². The van der Waals surface area contributed by atoms with E-state index in [1.807, 2.05) is 24.0 Å². The van der Waals surface area contributed by atoms with E-state index >= 15 is 0 Å². The molecule has 2 amide bonds. The molecule has 0 bridgehead atoms. The van der Waals surface area contributed by atoms with Gasteiger partial charge < -0.3 is 15.7 Å². The zero-order valence-electron chi connectivity index (χ0n) is 15.7. The van der Waals surface area contributed by atoms with E-state index < -0.39 is 5.97 Å². The maximum absolute atomic E-state index is 13.2. The van der Waals surface area contributed by atoms with Crippen LogP contribution in [-0.2, 0) is 10.2 Å². The van der Waals surface area contributed by atoms with Gasteiger partial charge in [-0.15, -0.1) is 0 Å². The van der Waals surface area contributed by atoms with Gasteiger partial charge in [0.2, 0.25) is 0 Å². The third-order valence-electron chi connectivity index (χ3n) is 6.06. The molecule has 0 unspecified atom stereocenters. The fourth-order valence-electron chi connectivity index (χ4n) is 4.14. The summed E-state index contributed by atoms with van der Waals surface area (Å²) in [6.07, 6.45) is 4.65. The lowest BCUT2D eigenvalue weighted by Gasteiger charge is -2.44. The number of carbonyl (C=O) groups is 2. The van der Waals surface area contributed by atoms with Crippen LogP contribution in [0.1, 0.15) is 44.6 Å². The summed E-state index contributed by atoms with van der Waals surface area (Å²) >= 11 is 0. The Kier molecular flexibility index (Phi) is 5.99. The number of amides is 2. The second kappa shape index (κ2) is 8.25. The van der Waals surface area contributed by atoms with Gasteiger partial charge in [-0.25, -0.2) is 9.18 Å². The van der Waals surface area contributed by atoms with Crippen molar-refractivity contribution in [2.24, 2.45) is 0 Å². The summed E-state index contributed by atoms with van der Waals surface area (Å²) in [4.78, 5) is 25.1. The summed E-state index contributed by atoms with van der Waals surface area (Å²) in [7, 11) is 0. The van der Waals surface area contributed by atoms with Crippen molar-refractivity contribution in [3.05, 3.63) is 35.6 Å². The molecule has 6 nitrogen and oxygen atoms in total. The molecule has 2 fully saturated rings. The van der Waals surface area contributed by atoms with Crippen molar-refractivity contribution in [2.75, 3.05) is 19.6 Å². The first-order valence-electron chi connectivity index (χ1n) is 9.68. The fourth-order valence-corrected chi connectivity index (χ4v) is 4.14. The van der Waals surface area contributed by atoms with Gasteiger partial charge in [0, 0.05) is 24.0 Å². The number of hydrogen-bond acceptors (Lipinski definition) is 3. The lowest BCUT2D eigenvalue weighted by molar-refractivity contribution is -0.139. The molecular formula is C20H28FN3O3. The minimum atomic E-state index is -0.822. The highest BCUT2D eigenvalue weighted by molar-refractivity contribution is 5.74. The van der Waals surface area contributed by atoms with E-state index in [0.717, 1.165) is 37.7 Å². The number of benzene rings is 1. The minimum absolute atomic E-state index is 0.0419. The van der Waals surface area contributed by atoms with E-state index in [1.54, 1.807) is 0 Å². The van der Waals surface area contributed by atoms with Crippen LogP contribution in [0.5, 0.6) is 0 Å². The molecule has 0 saturated heterocycles. The molecular weight excluding hydrogens is 349 g/mol. The summed E-state index contributed by atoms with van der Waals surface area (Å²) in [5.74, 6) is -1.07. The third-order valence-corrected chi connectivity index (χ3v) is 6.06. The maximum Gasteiger partial charge on any atom is 0.317 e. The molecule has 27 heavy (non-hydrogen) atoms. The van der Waals surface area contributed by atoms with Crippen LogP contribution in [0.2, 0.25) is 0 Å². The quantitative estimate of drug-likeness (QED) is 0.650.